The molecule has 1 N–H and O–H groups in total. The number of aliphatic carboxylic acids is 1. The third-order valence-corrected chi connectivity index (χ3v) is 3.14. The smallest absolute Gasteiger partial charge is 0.313 e. The van der Waals surface area contributed by atoms with Gasteiger partial charge in [0.2, 0.25) is 0 Å². The molecule has 1 heterocycles. The fourth-order valence-electron chi connectivity index (χ4n) is 1.43. The molecule has 0 aliphatic carbocycles. The Bertz CT molecular complexity index is 438. The van der Waals surface area contributed by atoms with E-state index in [1.165, 1.54) is 11.8 Å². The van der Waals surface area contributed by atoms with Crippen molar-refractivity contribution in [1.82, 2.24) is 14.8 Å². The van der Waals surface area contributed by atoms with Gasteiger partial charge in [-0.05, 0) is 34.6 Å². The predicted molar refractivity (Wildman–Crippen MR) is 73.3 cm³/mol. The molecule has 0 radical (unpaired) electrons. The molecule has 0 aliphatic heterocycles. The Balaban J connectivity index is 2.84. The van der Waals surface area contributed by atoms with Crippen LogP contribution < -0.4 is 0 Å². The lowest BCUT2D eigenvalue weighted by atomic mass is 10.2. The molecular formula is C12H21N3O3S. The van der Waals surface area contributed by atoms with E-state index >= 15 is 0 Å². The molecule has 0 amide bonds. The first-order valence-corrected chi connectivity index (χ1v) is 7.11. The van der Waals surface area contributed by atoms with Crippen molar-refractivity contribution < 1.29 is 14.6 Å². The summed E-state index contributed by atoms with van der Waals surface area (Å²) in [7, 11) is 0. The zero-order valence-electron chi connectivity index (χ0n) is 12.0. The standard InChI is InChI=1S/C12H21N3O3S/c1-8(2)15-9(6-18-12(3,4)5)13-14-11(15)19-7-10(16)17/h8H,6-7H2,1-5H3,(H,16,17). The van der Waals surface area contributed by atoms with Gasteiger partial charge in [-0.2, -0.15) is 0 Å². The monoisotopic (exact) mass is 287 g/mol. The molecule has 0 aliphatic rings. The molecule has 0 fully saturated rings. The van der Waals surface area contributed by atoms with Crippen molar-refractivity contribution in [3.63, 3.8) is 0 Å². The van der Waals surface area contributed by atoms with E-state index in [9.17, 15) is 4.79 Å². The summed E-state index contributed by atoms with van der Waals surface area (Å²) in [6, 6.07) is 0.157. The summed E-state index contributed by atoms with van der Waals surface area (Å²) in [6.45, 7) is 10.3. The van der Waals surface area contributed by atoms with Gasteiger partial charge in [0, 0.05) is 6.04 Å². The third kappa shape index (κ3) is 5.20. The topological polar surface area (TPSA) is 77.2 Å². The zero-order chi connectivity index (χ0) is 14.6. The van der Waals surface area contributed by atoms with Crippen molar-refractivity contribution >= 4 is 17.7 Å². The molecule has 1 aromatic heterocycles. The lowest BCUT2D eigenvalue weighted by Gasteiger charge is -2.20. The first-order valence-electron chi connectivity index (χ1n) is 6.13. The second-order valence-corrected chi connectivity index (χ2v) is 6.39. The quantitative estimate of drug-likeness (QED) is 0.809. The second-order valence-electron chi connectivity index (χ2n) is 5.45. The van der Waals surface area contributed by atoms with Crippen LogP contribution in [0.25, 0.3) is 0 Å². The number of carboxylic acid groups (broad SMARTS) is 1. The number of aromatic nitrogens is 3. The minimum absolute atomic E-state index is 0.0228. The summed E-state index contributed by atoms with van der Waals surface area (Å²) in [6.07, 6.45) is 0. The van der Waals surface area contributed by atoms with Crippen LogP contribution in [0, 0.1) is 0 Å². The SMILES string of the molecule is CC(C)n1c(COC(C)(C)C)nnc1SCC(=O)O. The highest BCUT2D eigenvalue weighted by Crippen LogP contribution is 2.22. The van der Waals surface area contributed by atoms with Crippen molar-refractivity contribution in [3.8, 4) is 0 Å². The highest BCUT2D eigenvalue weighted by molar-refractivity contribution is 7.99. The van der Waals surface area contributed by atoms with Crippen LogP contribution in [-0.2, 0) is 16.1 Å². The summed E-state index contributed by atoms with van der Waals surface area (Å²) in [5.41, 5.74) is -0.248. The first kappa shape index (κ1) is 16.0. The Morgan fingerprint density at radius 3 is 2.53 bits per heavy atom. The van der Waals surface area contributed by atoms with Gasteiger partial charge in [-0.15, -0.1) is 10.2 Å². The number of ether oxygens (including phenoxy) is 1. The second kappa shape index (κ2) is 6.38. The van der Waals surface area contributed by atoms with E-state index in [0.717, 1.165) is 5.82 Å². The molecule has 0 unspecified atom stereocenters. The maximum atomic E-state index is 10.6. The molecular weight excluding hydrogens is 266 g/mol. The van der Waals surface area contributed by atoms with Gasteiger partial charge in [0.05, 0.1) is 11.4 Å². The van der Waals surface area contributed by atoms with Gasteiger partial charge in [-0.3, -0.25) is 4.79 Å². The van der Waals surface area contributed by atoms with Crippen LogP contribution in [0.4, 0.5) is 0 Å². The van der Waals surface area contributed by atoms with E-state index < -0.39 is 5.97 Å². The van der Waals surface area contributed by atoms with E-state index in [1.54, 1.807) is 0 Å². The van der Waals surface area contributed by atoms with E-state index in [4.69, 9.17) is 9.84 Å². The molecule has 19 heavy (non-hydrogen) atoms. The van der Waals surface area contributed by atoms with Crippen molar-refractivity contribution in [2.24, 2.45) is 0 Å². The van der Waals surface area contributed by atoms with E-state index in [-0.39, 0.29) is 17.4 Å². The fourth-order valence-corrected chi connectivity index (χ4v) is 2.24. The first-order chi connectivity index (χ1) is 8.70. The molecule has 1 aromatic rings. The summed E-state index contributed by atoms with van der Waals surface area (Å²) >= 11 is 1.17. The van der Waals surface area contributed by atoms with Crippen LogP contribution in [-0.4, -0.2) is 37.2 Å². The normalized spacial score (nSPS) is 12.1. The summed E-state index contributed by atoms with van der Waals surface area (Å²) in [5.74, 6) is -0.168. The van der Waals surface area contributed by atoms with Crippen LogP contribution in [0.3, 0.4) is 0 Å². The molecule has 0 atom stereocenters. The van der Waals surface area contributed by atoms with Crippen molar-refractivity contribution in [2.45, 2.75) is 58.0 Å². The van der Waals surface area contributed by atoms with E-state index in [2.05, 4.69) is 10.2 Å². The van der Waals surface area contributed by atoms with Crippen LogP contribution in [0.2, 0.25) is 0 Å². The van der Waals surface area contributed by atoms with E-state index in [0.29, 0.717) is 11.8 Å². The van der Waals surface area contributed by atoms with Gasteiger partial charge >= 0.3 is 5.97 Å². The van der Waals surface area contributed by atoms with Gasteiger partial charge in [0.15, 0.2) is 11.0 Å². The van der Waals surface area contributed by atoms with Crippen LogP contribution in [0.5, 0.6) is 0 Å². The third-order valence-electron chi connectivity index (χ3n) is 2.21. The fraction of sp³-hybridized carbons (Fsp3) is 0.750. The van der Waals surface area contributed by atoms with Gasteiger partial charge in [0.25, 0.3) is 0 Å². The largest absolute Gasteiger partial charge is 0.481 e. The molecule has 0 saturated carbocycles. The zero-order valence-corrected chi connectivity index (χ0v) is 12.8. The van der Waals surface area contributed by atoms with Crippen molar-refractivity contribution in [1.29, 1.82) is 0 Å². The number of rotatable bonds is 6. The number of hydrogen-bond donors (Lipinski definition) is 1. The van der Waals surface area contributed by atoms with Gasteiger partial charge in [-0.1, -0.05) is 11.8 Å². The number of carbonyl (C=O) groups is 1. The molecule has 0 bridgehead atoms. The van der Waals surface area contributed by atoms with Gasteiger partial charge < -0.3 is 14.4 Å². The summed E-state index contributed by atoms with van der Waals surface area (Å²) in [5, 5.41) is 17.5. The highest BCUT2D eigenvalue weighted by atomic mass is 32.2. The van der Waals surface area contributed by atoms with Gasteiger partial charge in [0.1, 0.15) is 6.61 Å². The molecule has 1 rings (SSSR count). The minimum Gasteiger partial charge on any atom is -0.481 e. The number of carboxylic acids is 1. The Kier molecular flexibility index (Phi) is 5.37. The Morgan fingerprint density at radius 2 is 2.05 bits per heavy atom. The minimum atomic E-state index is -0.865. The van der Waals surface area contributed by atoms with Crippen LogP contribution >= 0.6 is 11.8 Å². The lowest BCUT2D eigenvalue weighted by molar-refractivity contribution is -0.133. The van der Waals surface area contributed by atoms with Crippen LogP contribution in [0.1, 0.15) is 46.5 Å². The maximum Gasteiger partial charge on any atom is 0.313 e. The average molecular weight is 287 g/mol. The Morgan fingerprint density at radius 1 is 1.42 bits per heavy atom. The number of thioether (sulfide) groups is 1. The Hall–Kier alpha value is -1.08. The average Bonchev–Trinajstić information content (AvgIpc) is 2.65. The van der Waals surface area contributed by atoms with Crippen LogP contribution in [0.15, 0.2) is 5.16 Å². The summed E-state index contributed by atoms with van der Waals surface area (Å²) < 4.78 is 7.61. The number of hydrogen-bond acceptors (Lipinski definition) is 5. The molecule has 0 aromatic carbocycles. The highest BCUT2D eigenvalue weighted by Gasteiger charge is 2.18. The lowest BCUT2D eigenvalue weighted by Crippen LogP contribution is -2.20. The molecule has 6 nitrogen and oxygen atoms in total. The molecule has 0 saturated heterocycles. The van der Waals surface area contributed by atoms with Gasteiger partial charge in [-0.25, -0.2) is 0 Å². The molecule has 0 spiro atoms. The summed E-state index contributed by atoms with van der Waals surface area (Å²) in [4.78, 5) is 10.6. The Labute approximate surface area is 117 Å². The van der Waals surface area contributed by atoms with E-state index in [1.807, 2.05) is 39.2 Å². The van der Waals surface area contributed by atoms with Crippen molar-refractivity contribution in [3.05, 3.63) is 5.82 Å². The molecule has 108 valence electrons. The molecule has 7 heteroatoms. The predicted octanol–water partition coefficient (Wildman–Crippen LogP) is 2.35. The maximum absolute atomic E-state index is 10.6. The van der Waals surface area contributed by atoms with Crippen molar-refractivity contribution in [2.75, 3.05) is 5.75 Å². The number of nitrogens with zero attached hydrogens (tertiary/aromatic N) is 3.